The largest absolute Gasteiger partial charge is 0.504 e. The third kappa shape index (κ3) is 1.88. The van der Waals surface area contributed by atoms with Gasteiger partial charge in [0.05, 0.1) is 0 Å². The second-order valence-electron chi connectivity index (χ2n) is 2.27. The first-order valence-corrected chi connectivity index (χ1v) is 4.01. The quantitative estimate of drug-likeness (QED) is 0.460. The number of aromatic hydroxyl groups is 2. The first-order valence-electron chi connectivity index (χ1n) is 3.22. The molecule has 0 atom stereocenters. The SMILES string of the molecule is ONCc1cc(Br)cc(O)c1O. The van der Waals surface area contributed by atoms with Crippen molar-refractivity contribution in [3.8, 4) is 11.5 Å². The van der Waals surface area contributed by atoms with E-state index in [1.54, 1.807) is 6.07 Å². The Hall–Kier alpha value is -0.780. The number of hydrogen-bond acceptors (Lipinski definition) is 4. The highest BCUT2D eigenvalue weighted by Gasteiger charge is 2.06. The summed E-state index contributed by atoms with van der Waals surface area (Å²) in [6, 6.07) is 2.97. The molecule has 1 aromatic rings. The number of rotatable bonds is 2. The zero-order valence-electron chi connectivity index (χ0n) is 6.08. The molecule has 0 saturated carbocycles. The minimum atomic E-state index is -0.222. The number of hydroxylamine groups is 1. The fourth-order valence-electron chi connectivity index (χ4n) is 0.860. The molecular weight excluding hydrogens is 226 g/mol. The van der Waals surface area contributed by atoms with E-state index in [1.807, 2.05) is 5.48 Å². The van der Waals surface area contributed by atoms with E-state index in [2.05, 4.69) is 15.9 Å². The molecule has 12 heavy (non-hydrogen) atoms. The van der Waals surface area contributed by atoms with Gasteiger partial charge < -0.3 is 15.4 Å². The summed E-state index contributed by atoms with van der Waals surface area (Å²) < 4.78 is 0.642. The fourth-order valence-corrected chi connectivity index (χ4v) is 1.35. The molecule has 0 saturated heterocycles. The third-order valence-corrected chi connectivity index (χ3v) is 1.86. The number of hydrogen-bond donors (Lipinski definition) is 4. The Kier molecular flexibility index (Phi) is 2.91. The minimum Gasteiger partial charge on any atom is -0.504 e. The van der Waals surface area contributed by atoms with Crippen molar-refractivity contribution in [2.75, 3.05) is 0 Å². The third-order valence-electron chi connectivity index (χ3n) is 1.40. The lowest BCUT2D eigenvalue weighted by molar-refractivity contribution is 0.160. The highest BCUT2D eigenvalue weighted by molar-refractivity contribution is 9.10. The summed E-state index contributed by atoms with van der Waals surface area (Å²) >= 11 is 3.14. The van der Waals surface area contributed by atoms with E-state index in [-0.39, 0.29) is 18.0 Å². The van der Waals surface area contributed by atoms with Crippen LogP contribution in [0.5, 0.6) is 11.5 Å². The van der Waals surface area contributed by atoms with Crippen LogP contribution in [0.25, 0.3) is 0 Å². The summed E-state index contributed by atoms with van der Waals surface area (Å²) in [4.78, 5) is 0. The molecule has 0 aromatic heterocycles. The maximum Gasteiger partial charge on any atom is 0.162 e. The van der Waals surface area contributed by atoms with Crippen molar-refractivity contribution >= 4 is 15.9 Å². The van der Waals surface area contributed by atoms with Crippen LogP contribution in [-0.2, 0) is 6.54 Å². The Labute approximate surface area is 77.6 Å². The number of benzene rings is 1. The predicted octanol–water partition coefficient (Wildman–Crippen LogP) is 1.34. The van der Waals surface area contributed by atoms with Gasteiger partial charge in [-0.3, -0.25) is 0 Å². The van der Waals surface area contributed by atoms with Crippen LogP contribution in [-0.4, -0.2) is 15.4 Å². The lowest BCUT2D eigenvalue weighted by atomic mass is 10.2. The van der Waals surface area contributed by atoms with Gasteiger partial charge in [0, 0.05) is 16.6 Å². The average Bonchev–Trinajstić information content (AvgIpc) is 2.00. The van der Waals surface area contributed by atoms with E-state index in [0.717, 1.165) is 0 Å². The molecule has 0 unspecified atom stereocenters. The molecule has 0 heterocycles. The van der Waals surface area contributed by atoms with E-state index in [4.69, 9.17) is 10.3 Å². The van der Waals surface area contributed by atoms with Crippen LogP contribution >= 0.6 is 15.9 Å². The molecule has 0 amide bonds. The summed E-state index contributed by atoms with van der Waals surface area (Å²) in [7, 11) is 0. The summed E-state index contributed by atoms with van der Waals surface area (Å²) in [5.41, 5.74) is 2.31. The van der Waals surface area contributed by atoms with E-state index >= 15 is 0 Å². The van der Waals surface area contributed by atoms with Crippen LogP contribution in [0.4, 0.5) is 0 Å². The number of phenols is 2. The van der Waals surface area contributed by atoms with Crippen molar-refractivity contribution < 1.29 is 15.4 Å². The highest BCUT2D eigenvalue weighted by Crippen LogP contribution is 2.32. The standard InChI is InChI=1S/C7H8BrNO3/c8-5-1-4(3-9-12)7(11)6(10)2-5/h1-2,9-12H,3H2. The molecule has 4 nitrogen and oxygen atoms in total. The van der Waals surface area contributed by atoms with Gasteiger partial charge in [-0.1, -0.05) is 15.9 Å². The monoisotopic (exact) mass is 233 g/mol. The molecule has 1 rings (SSSR count). The first-order chi connectivity index (χ1) is 5.65. The van der Waals surface area contributed by atoms with Gasteiger partial charge in [0.25, 0.3) is 0 Å². The molecule has 0 fully saturated rings. The molecule has 0 spiro atoms. The van der Waals surface area contributed by atoms with Crippen molar-refractivity contribution in [3.63, 3.8) is 0 Å². The Morgan fingerprint density at radius 1 is 1.33 bits per heavy atom. The molecule has 5 heteroatoms. The van der Waals surface area contributed by atoms with E-state index in [1.165, 1.54) is 6.07 Å². The maximum absolute atomic E-state index is 9.23. The molecule has 0 bridgehead atoms. The van der Waals surface area contributed by atoms with Crippen LogP contribution in [0.15, 0.2) is 16.6 Å². The van der Waals surface area contributed by atoms with Crippen molar-refractivity contribution in [2.24, 2.45) is 0 Å². The van der Waals surface area contributed by atoms with E-state index in [0.29, 0.717) is 10.0 Å². The Balaban J connectivity index is 3.09. The molecule has 1 aromatic carbocycles. The van der Waals surface area contributed by atoms with Crippen molar-refractivity contribution in [3.05, 3.63) is 22.2 Å². The highest BCUT2D eigenvalue weighted by atomic mass is 79.9. The lowest BCUT2D eigenvalue weighted by Crippen LogP contribution is -2.06. The first kappa shape index (κ1) is 9.31. The smallest absolute Gasteiger partial charge is 0.162 e. The molecular formula is C7H8BrNO3. The number of nitrogens with one attached hydrogen (secondary N) is 1. The summed E-state index contributed by atoms with van der Waals surface area (Å²) in [5, 5.41) is 26.7. The second-order valence-corrected chi connectivity index (χ2v) is 3.18. The fraction of sp³-hybridized carbons (Fsp3) is 0.143. The van der Waals surface area contributed by atoms with Gasteiger partial charge in [-0.25, -0.2) is 5.48 Å². The van der Waals surface area contributed by atoms with Gasteiger partial charge >= 0.3 is 0 Å². The van der Waals surface area contributed by atoms with Crippen LogP contribution in [0.2, 0.25) is 0 Å². The van der Waals surface area contributed by atoms with E-state index in [9.17, 15) is 5.11 Å². The molecule has 0 radical (unpaired) electrons. The van der Waals surface area contributed by atoms with Gasteiger partial charge in [-0.2, -0.15) is 0 Å². The predicted molar refractivity (Wildman–Crippen MR) is 46.1 cm³/mol. The van der Waals surface area contributed by atoms with Gasteiger partial charge in [0.1, 0.15) is 0 Å². The Morgan fingerprint density at radius 3 is 2.58 bits per heavy atom. The normalized spacial score (nSPS) is 10.2. The maximum atomic E-state index is 9.23. The molecule has 0 aliphatic heterocycles. The van der Waals surface area contributed by atoms with Gasteiger partial charge in [0.2, 0.25) is 0 Å². The van der Waals surface area contributed by atoms with E-state index < -0.39 is 0 Å². The van der Waals surface area contributed by atoms with Crippen LogP contribution in [0.1, 0.15) is 5.56 Å². The summed E-state index contributed by atoms with van der Waals surface area (Å²) in [6.07, 6.45) is 0. The number of halogens is 1. The lowest BCUT2D eigenvalue weighted by Gasteiger charge is -2.05. The molecule has 0 aliphatic rings. The van der Waals surface area contributed by atoms with Crippen molar-refractivity contribution in [2.45, 2.75) is 6.54 Å². The Morgan fingerprint density at radius 2 is 2.00 bits per heavy atom. The zero-order valence-corrected chi connectivity index (χ0v) is 7.67. The molecule has 66 valence electrons. The van der Waals surface area contributed by atoms with Crippen molar-refractivity contribution in [1.82, 2.24) is 5.48 Å². The number of phenolic OH excluding ortho intramolecular Hbond substituents is 2. The van der Waals surface area contributed by atoms with Crippen LogP contribution in [0.3, 0.4) is 0 Å². The van der Waals surface area contributed by atoms with Crippen molar-refractivity contribution in [1.29, 1.82) is 0 Å². The molecule has 4 N–H and O–H groups in total. The Bertz CT molecular complexity index is 290. The van der Waals surface area contributed by atoms with Crippen LogP contribution in [0, 0.1) is 0 Å². The summed E-state index contributed by atoms with van der Waals surface area (Å²) in [5.74, 6) is -0.436. The second kappa shape index (κ2) is 3.75. The summed E-state index contributed by atoms with van der Waals surface area (Å²) in [6.45, 7) is 0.0822. The van der Waals surface area contributed by atoms with Crippen LogP contribution < -0.4 is 5.48 Å². The zero-order chi connectivity index (χ0) is 9.14. The van der Waals surface area contributed by atoms with Gasteiger partial charge in [-0.05, 0) is 12.1 Å². The topological polar surface area (TPSA) is 72.7 Å². The minimum absolute atomic E-state index is 0.0822. The average molecular weight is 234 g/mol. The van der Waals surface area contributed by atoms with Gasteiger partial charge in [-0.15, -0.1) is 0 Å². The van der Waals surface area contributed by atoms with Gasteiger partial charge in [0.15, 0.2) is 11.5 Å². The molecule has 0 aliphatic carbocycles.